The van der Waals surface area contributed by atoms with Crippen LogP contribution < -0.4 is 10.9 Å². The molecular formula is C20H15FN4O3. The van der Waals surface area contributed by atoms with Crippen LogP contribution in [0.3, 0.4) is 0 Å². The maximum Gasteiger partial charge on any atom is 0.299 e. The van der Waals surface area contributed by atoms with Gasteiger partial charge in [-0.3, -0.25) is 14.2 Å². The molecule has 0 saturated heterocycles. The van der Waals surface area contributed by atoms with Crippen molar-refractivity contribution in [2.24, 2.45) is 0 Å². The molecule has 4 aromatic rings. The maximum absolute atomic E-state index is 12.9. The third-order valence-corrected chi connectivity index (χ3v) is 4.20. The standard InChI is InChI=1S/C20H15FN4O3/c21-14-6-8-15(9-7-14)23-16(26)10-11-25-12-22-18-17(13-4-2-1-3-5-13)24-28-19(18)20(25)27/h1-9,12H,10-11H2,(H,23,26). The number of hydrogen-bond donors (Lipinski definition) is 1. The maximum atomic E-state index is 12.9. The molecule has 8 heteroatoms. The minimum absolute atomic E-state index is 0.0419. The second kappa shape index (κ2) is 7.43. The number of benzene rings is 2. The summed E-state index contributed by atoms with van der Waals surface area (Å²) in [7, 11) is 0. The summed E-state index contributed by atoms with van der Waals surface area (Å²) in [4.78, 5) is 28.9. The Balaban J connectivity index is 1.50. The van der Waals surface area contributed by atoms with E-state index in [1.807, 2.05) is 30.3 Å². The minimum atomic E-state index is -0.408. The molecule has 0 aliphatic heterocycles. The normalized spacial score (nSPS) is 10.9. The first-order chi connectivity index (χ1) is 13.6. The van der Waals surface area contributed by atoms with E-state index in [2.05, 4.69) is 15.5 Å². The van der Waals surface area contributed by atoms with Crippen LogP contribution in [0.15, 0.2) is 70.2 Å². The zero-order valence-electron chi connectivity index (χ0n) is 14.6. The number of fused-ring (bicyclic) bond motifs is 1. The zero-order chi connectivity index (χ0) is 19.5. The molecule has 1 N–H and O–H groups in total. The summed E-state index contributed by atoms with van der Waals surface area (Å²) in [5.41, 5.74) is 1.78. The van der Waals surface area contributed by atoms with E-state index in [4.69, 9.17) is 4.52 Å². The predicted molar refractivity (Wildman–Crippen MR) is 101 cm³/mol. The molecule has 2 aromatic carbocycles. The Kier molecular flexibility index (Phi) is 4.67. The second-order valence-corrected chi connectivity index (χ2v) is 6.12. The van der Waals surface area contributed by atoms with E-state index in [-0.39, 0.29) is 30.3 Å². The summed E-state index contributed by atoms with van der Waals surface area (Å²) >= 11 is 0. The highest BCUT2D eigenvalue weighted by atomic mass is 19.1. The van der Waals surface area contributed by atoms with Gasteiger partial charge in [-0.1, -0.05) is 35.5 Å². The van der Waals surface area contributed by atoms with Crippen molar-refractivity contribution < 1.29 is 13.7 Å². The van der Waals surface area contributed by atoms with Gasteiger partial charge < -0.3 is 9.84 Å². The fraction of sp³-hybridized carbons (Fsp3) is 0.100. The Morgan fingerprint density at radius 2 is 1.86 bits per heavy atom. The van der Waals surface area contributed by atoms with Gasteiger partial charge in [0, 0.05) is 24.2 Å². The number of halogens is 1. The molecule has 0 unspecified atom stereocenters. The van der Waals surface area contributed by atoms with E-state index in [1.165, 1.54) is 35.2 Å². The van der Waals surface area contributed by atoms with Crippen molar-refractivity contribution in [3.05, 3.63) is 77.1 Å². The molecule has 0 bridgehead atoms. The molecule has 2 heterocycles. The van der Waals surface area contributed by atoms with E-state index in [9.17, 15) is 14.0 Å². The number of anilines is 1. The van der Waals surface area contributed by atoms with Gasteiger partial charge in [0.25, 0.3) is 11.1 Å². The first-order valence-electron chi connectivity index (χ1n) is 8.57. The minimum Gasteiger partial charge on any atom is -0.348 e. The van der Waals surface area contributed by atoms with Gasteiger partial charge in [-0.2, -0.15) is 0 Å². The van der Waals surface area contributed by atoms with Crippen LogP contribution in [0.2, 0.25) is 0 Å². The third kappa shape index (κ3) is 3.52. The Labute approximate surface area is 158 Å². The molecule has 0 atom stereocenters. The van der Waals surface area contributed by atoms with E-state index >= 15 is 0 Å². The van der Waals surface area contributed by atoms with Gasteiger partial charge in [-0.15, -0.1) is 0 Å². The molecule has 0 aliphatic carbocycles. The highest BCUT2D eigenvalue weighted by Crippen LogP contribution is 2.23. The largest absolute Gasteiger partial charge is 0.348 e. The molecule has 1 amide bonds. The van der Waals surface area contributed by atoms with Crippen LogP contribution in [0.4, 0.5) is 10.1 Å². The highest BCUT2D eigenvalue weighted by Gasteiger charge is 2.16. The van der Waals surface area contributed by atoms with E-state index < -0.39 is 5.56 Å². The van der Waals surface area contributed by atoms with Gasteiger partial charge in [-0.05, 0) is 24.3 Å². The summed E-state index contributed by atoms with van der Waals surface area (Å²) in [5, 5.41) is 6.61. The van der Waals surface area contributed by atoms with Crippen LogP contribution >= 0.6 is 0 Å². The van der Waals surface area contributed by atoms with Gasteiger partial charge in [0.2, 0.25) is 5.91 Å². The van der Waals surface area contributed by atoms with Crippen molar-refractivity contribution >= 4 is 22.7 Å². The predicted octanol–water partition coefficient (Wildman–Crippen LogP) is 3.22. The smallest absolute Gasteiger partial charge is 0.299 e. The molecule has 28 heavy (non-hydrogen) atoms. The molecule has 0 fully saturated rings. The Morgan fingerprint density at radius 3 is 2.61 bits per heavy atom. The molecule has 0 saturated carbocycles. The summed E-state index contributed by atoms with van der Waals surface area (Å²) in [6.45, 7) is 0.121. The number of amides is 1. The molecule has 7 nitrogen and oxygen atoms in total. The molecule has 0 radical (unpaired) electrons. The molecule has 0 aliphatic rings. The molecule has 4 rings (SSSR count). The number of carbonyl (C=O) groups excluding carboxylic acids is 1. The summed E-state index contributed by atoms with van der Waals surface area (Å²) < 4.78 is 19.4. The van der Waals surface area contributed by atoms with E-state index in [0.29, 0.717) is 16.9 Å². The number of aromatic nitrogens is 3. The first kappa shape index (κ1) is 17.6. The summed E-state index contributed by atoms with van der Waals surface area (Å²) in [5.74, 6) is -0.688. The lowest BCUT2D eigenvalue weighted by molar-refractivity contribution is -0.116. The van der Waals surface area contributed by atoms with Crippen molar-refractivity contribution in [1.82, 2.24) is 14.7 Å². The topological polar surface area (TPSA) is 90.0 Å². The van der Waals surface area contributed by atoms with Crippen molar-refractivity contribution in [3.8, 4) is 11.3 Å². The fourth-order valence-electron chi connectivity index (χ4n) is 2.78. The Hall–Kier alpha value is -3.81. The molecular weight excluding hydrogens is 363 g/mol. The zero-order valence-corrected chi connectivity index (χ0v) is 14.6. The lowest BCUT2D eigenvalue weighted by atomic mass is 10.1. The number of carbonyl (C=O) groups is 1. The highest BCUT2D eigenvalue weighted by molar-refractivity contribution is 5.90. The van der Waals surface area contributed by atoms with Crippen LogP contribution in [0.5, 0.6) is 0 Å². The quantitative estimate of drug-likeness (QED) is 0.576. The van der Waals surface area contributed by atoms with Crippen molar-refractivity contribution in [3.63, 3.8) is 0 Å². The van der Waals surface area contributed by atoms with E-state index in [0.717, 1.165) is 5.56 Å². The van der Waals surface area contributed by atoms with Crippen LogP contribution in [0.1, 0.15) is 6.42 Å². The van der Waals surface area contributed by atoms with Crippen LogP contribution in [-0.4, -0.2) is 20.6 Å². The van der Waals surface area contributed by atoms with Gasteiger partial charge in [0.15, 0.2) is 0 Å². The van der Waals surface area contributed by atoms with Crippen molar-refractivity contribution in [1.29, 1.82) is 0 Å². The number of rotatable bonds is 5. The number of aryl methyl sites for hydroxylation is 1. The Morgan fingerprint density at radius 1 is 1.11 bits per heavy atom. The molecule has 2 aromatic heterocycles. The van der Waals surface area contributed by atoms with Gasteiger partial charge in [0.1, 0.15) is 17.0 Å². The lowest BCUT2D eigenvalue weighted by Crippen LogP contribution is -2.23. The molecule has 140 valence electrons. The molecule has 0 spiro atoms. The lowest BCUT2D eigenvalue weighted by Gasteiger charge is -2.06. The Bertz CT molecular complexity index is 1180. The average Bonchev–Trinajstić information content (AvgIpc) is 3.15. The summed E-state index contributed by atoms with van der Waals surface area (Å²) in [6.07, 6.45) is 1.42. The first-order valence-corrected chi connectivity index (χ1v) is 8.57. The number of nitrogens with zero attached hydrogens (tertiary/aromatic N) is 3. The van der Waals surface area contributed by atoms with Gasteiger partial charge in [0.05, 0.1) is 6.33 Å². The average molecular weight is 378 g/mol. The van der Waals surface area contributed by atoms with Crippen LogP contribution in [0.25, 0.3) is 22.4 Å². The third-order valence-electron chi connectivity index (χ3n) is 4.20. The van der Waals surface area contributed by atoms with Crippen LogP contribution in [0, 0.1) is 5.82 Å². The van der Waals surface area contributed by atoms with Crippen LogP contribution in [-0.2, 0) is 11.3 Å². The van der Waals surface area contributed by atoms with Gasteiger partial charge >= 0.3 is 0 Å². The number of nitrogens with one attached hydrogen (secondary N) is 1. The second-order valence-electron chi connectivity index (χ2n) is 6.12. The SMILES string of the molecule is O=C(CCn1cnc2c(-c3ccccc3)noc2c1=O)Nc1ccc(F)cc1. The van der Waals surface area contributed by atoms with Crippen molar-refractivity contribution in [2.75, 3.05) is 5.32 Å². The van der Waals surface area contributed by atoms with E-state index in [1.54, 1.807) is 0 Å². The number of hydrogen-bond acceptors (Lipinski definition) is 5. The van der Waals surface area contributed by atoms with Gasteiger partial charge in [-0.25, -0.2) is 9.37 Å². The van der Waals surface area contributed by atoms with Crippen molar-refractivity contribution in [2.45, 2.75) is 13.0 Å². The summed E-state index contributed by atoms with van der Waals surface area (Å²) in [6, 6.07) is 14.7. The monoisotopic (exact) mass is 378 g/mol. The fourth-order valence-corrected chi connectivity index (χ4v) is 2.78.